The van der Waals surface area contributed by atoms with Crippen molar-refractivity contribution in [3.63, 3.8) is 0 Å². The minimum Gasteiger partial charge on any atom is -0.439 e. The Morgan fingerprint density at radius 1 is 1.28 bits per heavy atom. The van der Waals surface area contributed by atoms with Crippen LogP contribution in [-0.2, 0) is 16.1 Å². The van der Waals surface area contributed by atoms with Gasteiger partial charge in [-0.2, -0.15) is 0 Å². The number of rotatable bonds is 7. The minimum atomic E-state index is -0.711. The lowest BCUT2D eigenvalue weighted by atomic mass is 10.2. The van der Waals surface area contributed by atoms with E-state index in [-0.39, 0.29) is 43.1 Å². The Balaban J connectivity index is 0.00000288. The third-order valence-electron chi connectivity index (χ3n) is 2.99. The summed E-state index contributed by atoms with van der Waals surface area (Å²) in [6.07, 6.45) is 1.56. The molecule has 1 atom stereocenters. The van der Waals surface area contributed by atoms with Crippen LogP contribution in [0.4, 0.5) is 4.39 Å². The van der Waals surface area contributed by atoms with Crippen LogP contribution in [0.15, 0.2) is 42.6 Å². The molecule has 9 heteroatoms. The van der Waals surface area contributed by atoms with Crippen LogP contribution >= 0.6 is 24.8 Å². The van der Waals surface area contributed by atoms with Crippen LogP contribution in [0.1, 0.15) is 5.56 Å². The fraction of sp³-hybridized carbons (Fsp3) is 0.250. The monoisotopic (exact) mass is 391 g/mol. The Morgan fingerprint density at radius 3 is 2.60 bits per heavy atom. The van der Waals surface area contributed by atoms with Gasteiger partial charge in [0.1, 0.15) is 17.6 Å². The smallest absolute Gasteiger partial charge is 0.239 e. The van der Waals surface area contributed by atoms with Crippen LogP contribution in [0.5, 0.6) is 11.6 Å². The molecule has 0 aliphatic rings. The number of methoxy groups -OCH3 is 1. The van der Waals surface area contributed by atoms with Gasteiger partial charge in [-0.15, -0.1) is 24.8 Å². The van der Waals surface area contributed by atoms with E-state index in [2.05, 4.69) is 10.3 Å². The van der Waals surface area contributed by atoms with Gasteiger partial charge in [-0.1, -0.05) is 0 Å². The van der Waals surface area contributed by atoms with Gasteiger partial charge in [-0.3, -0.25) is 4.79 Å². The maximum Gasteiger partial charge on any atom is 0.239 e. The number of nitrogens with two attached hydrogens (primary N) is 1. The third kappa shape index (κ3) is 7.66. The van der Waals surface area contributed by atoms with Crippen LogP contribution in [-0.4, -0.2) is 30.6 Å². The molecule has 1 aromatic heterocycles. The van der Waals surface area contributed by atoms with Crippen LogP contribution < -0.4 is 15.8 Å². The number of carbonyl (C=O) groups excluding carboxylic acids is 1. The van der Waals surface area contributed by atoms with Gasteiger partial charge in [0.25, 0.3) is 0 Å². The van der Waals surface area contributed by atoms with E-state index in [0.29, 0.717) is 18.2 Å². The SMILES string of the molecule is COCC(N)C(=O)NCc1ccnc(Oc2ccc(F)cc2)c1.Cl.Cl. The van der Waals surface area contributed by atoms with E-state index in [0.717, 1.165) is 5.56 Å². The summed E-state index contributed by atoms with van der Waals surface area (Å²) >= 11 is 0. The van der Waals surface area contributed by atoms with Crippen LogP contribution in [0.2, 0.25) is 0 Å². The van der Waals surface area contributed by atoms with Crippen molar-refractivity contribution in [2.75, 3.05) is 13.7 Å². The number of benzene rings is 1. The van der Waals surface area contributed by atoms with Gasteiger partial charge in [0.15, 0.2) is 0 Å². The molecule has 2 rings (SSSR count). The molecule has 0 bridgehead atoms. The fourth-order valence-electron chi connectivity index (χ4n) is 1.82. The molecule has 0 spiro atoms. The molecule has 25 heavy (non-hydrogen) atoms. The quantitative estimate of drug-likeness (QED) is 0.756. The number of aromatic nitrogens is 1. The summed E-state index contributed by atoms with van der Waals surface area (Å²) in [6, 6.07) is 8.35. The molecule has 1 unspecified atom stereocenters. The Morgan fingerprint density at radius 2 is 1.96 bits per heavy atom. The highest BCUT2D eigenvalue weighted by atomic mass is 35.5. The maximum absolute atomic E-state index is 12.9. The second kappa shape index (κ2) is 11.6. The zero-order chi connectivity index (χ0) is 16.7. The molecule has 0 radical (unpaired) electrons. The van der Waals surface area contributed by atoms with E-state index >= 15 is 0 Å². The highest BCUT2D eigenvalue weighted by Crippen LogP contribution is 2.20. The summed E-state index contributed by atoms with van der Waals surface area (Å²) in [4.78, 5) is 15.8. The predicted octanol–water partition coefficient (Wildman–Crippen LogP) is 2.45. The molecule has 0 saturated carbocycles. The van der Waals surface area contributed by atoms with Crippen molar-refractivity contribution in [3.8, 4) is 11.6 Å². The summed E-state index contributed by atoms with van der Waals surface area (Å²) in [7, 11) is 1.48. The lowest BCUT2D eigenvalue weighted by Crippen LogP contribution is -2.43. The van der Waals surface area contributed by atoms with E-state index < -0.39 is 6.04 Å². The maximum atomic E-state index is 12.9. The van der Waals surface area contributed by atoms with E-state index in [4.69, 9.17) is 15.2 Å². The summed E-state index contributed by atoms with van der Waals surface area (Å²) in [5, 5.41) is 2.71. The van der Waals surface area contributed by atoms with Gasteiger partial charge in [0.2, 0.25) is 11.8 Å². The first-order chi connectivity index (χ1) is 11.1. The number of amides is 1. The molecule has 0 aliphatic heterocycles. The van der Waals surface area contributed by atoms with Crippen molar-refractivity contribution in [2.45, 2.75) is 12.6 Å². The predicted molar refractivity (Wildman–Crippen MR) is 96.9 cm³/mol. The number of pyridine rings is 1. The molecule has 0 fully saturated rings. The van der Waals surface area contributed by atoms with Gasteiger partial charge < -0.3 is 20.5 Å². The van der Waals surface area contributed by atoms with Crippen LogP contribution in [0.25, 0.3) is 0 Å². The standard InChI is InChI=1S/C16H18FN3O3.2ClH/c1-22-10-14(18)16(21)20-9-11-6-7-19-15(8-11)23-13-4-2-12(17)3-5-13;;/h2-8,14H,9-10,18H2,1H3,(H,20,21);2*1H. The molecule has 3 N–H and O–H groups in total. The minimum absolute atomic E-state index is 0. The molecule has 138 valence electrons. The average molecular weight is 392 g/mol. The Bertz CT molecular complexity index is 659. The van der Waals surface area contributed by atoms with E-state index in [1.54, 1.807) is 18.3 Å². The summed E-state index contributed by atoms with van der Waals surface area (Å²) in [5.41, 5.74) is 6.43. The Labute approximate surface area is 157 Å². The first-order valence-electron chi connectivity index (χ1n) is 6.99. The zero-order valence-corrected chi connectivity index (χ0v) is 15.1. The summed E-state index contributed by atoms with van der Waals surface area (Å²) < 4.78 is 23.2. The first-order valence-corrected chi connectivity index (χ1v) is 6.99. The lowest BCUT2D eigenvalue weighted by Gasteiger charge is -2.11. The lowest BCUT2D eigenvalue weighted by molar-refractivity contribution is -0.123. The molecule has 0 aliphatic carbocycles. The fourth-order valence-corrected chi connectivity index (χ4v) is 1.82. The number of hydrogen-bond donors (Lipinski definition) is 2. The molecule has 1 heterocycles. The van der Waals surface area contributed by atoms with Gasteiger partial charge in [-0.05, 0) is 35.9 Å². The van der Waals surface area contributed by atoms with Crippen molar-refractivity contribution in [2.24, 2.45) is 5.73 Å². The van der Waals surface area contributed by atoms with Gasteiger partial charge in [-0.25, -0.2) is 9.37 Å². The Hall–Kier alpha value is -1.93. The van der Waals surface area contributed by atoms with E-state index in [9.17, 15) is 9.18 Å². The second-order valence-electron chi connectivity index (χ2n) is 4.84. The van der Waals surface area contributed by atoms with Gasteiger partial charge >= 0.3 is 0 Å². The summed E-state index contributed by atoms with van der Waals surface area (Å²) in [5.74, 6) is 0.186. The second-order valence-corrected chi connectivity index (χ2v) is 4.84. The van der Waals surface area contributed by atoms with Crippen molar-refractivity contribution in [1.82, 2.24) is 10.3 Å². The van der Waals surface area contributed by atoms with Crippen molar-refractivity contribution < 1.29 is 18.7 Å². The molecule has 0 saturated heterocycles. The number of carbonyl (C=O) groups is 1. The molecular weight excluding hydrogens is 372 g/mol. The van der Waals surface area contributed by atoms with Crippen LogP contribution in [0.3, 0.4) is 0 Å². The highest BCUT2D eigenvalue weighted by Gasteiger charge is 2.12. The number of ether oxygens (including phenoxy) is 2. The normalized spacial score (nSPS) is 10.8. The van der Waals surface area contributed by atoms with E-state index in [1.165, 1.54) is 31.4 Å². The number of hydrogen-bond acceptors (Lipinski definition) is 5. The topological polar surface area (TPSA) is 86.5 Å². The molecular formula is C16H20Cl2FN3O3. The van der Waals surface area contributed by atoms with Gasteiger partial charge in [0.05, 0.1) is 6.61 Å². The number of nitrogens with one attached hydrogen (secondary N) is 1. The van der Waals surface area contributed by atoms with E-state index in [1.807, 2.05) is 0 Å². The zero-order valence-electron chi connectivity index (χ0n) is 13.5. The van der Waals surface area contributed by atoms with Crippen molar-refractivity contribution >= 4 is 30.7 Å². The number of halogens is 3. The number of nitrogens with zero attached hydrogens (tertiary/aromatic N) is 1. The van der Waals surface area contributed by atoms with Crippen molar-refractivity contribution in [3.05, 3.63) is 54.0 Å². The first kappa shape index (κ1) is 23.1. The molecule has 1 amide bonds. The highest BCUT2D eigenvalue weighted by molar-refractivity contribution is 5.85. The van der Waals surface area contributed by atoms with Gasteiger partial charge in [0, 0.05) is 25.9 Å². The summed E-state index contributed by atoms with van der Waals surface area (Å²) in [6.45, 7) is 0.444. The molecule has 1 aromatic carbocycles. The largest absolute Gasteiger partial charge is 0.439 e. The molecule has 6 nitrogen and oxygen atoms in total. The molecule has 2 aromatic rings. The third-order valence-corrected chi connectivity index (χ3v) is 2.99. The average Bonchev–Trinajstić information content (AvgIpc) is 2.55. The Kier molecular flexibility index (Phi) is 10.7. The van der Waals surface area contributed by atoms with Crippen molar-refractivity contribution in [1.29, 1.82) is 0 Å². The van der Waals surface area contributed by atoms with Crippen LogP contribution in [0, 0.1) is 5.82 Å².